The van der Waals surface area contributed by atoms with Crippen LogP contribution in [0.2, 0.25) is 0 Å². The second-order valence-electron chi connectivity index (χ2n) is 4.60. The molecule has 1 aromatic rings. The predicted octanol–water partition coefficient (Wildman–Crippen LogP) is 3.61. The molecule has 0 bridgehead atoms. The molecule has 0 amide bonds. The highest BCUT2D eigenvalue weighted by Crippen LogP contribution is 2.23. The standard InChI is InChI=1S/C13H17BrF2N2S/c1-8(2)18(6-5-12(17)19)7-9-11(15)4-3-10(14)13(9)16/h3-4,8H,5-7H2,1-2H3,(H2,17,19). The summed E-state index contributed by atoms with van der Waals surface area (Å²) in [5, 5.41) is 0. The van der Waals surface area contributed by atoms with Crippen LogP contribution >= 0.6 is 28.1 Å². The predicted molar refractivity (Wildman–Crippen MR) is 81.0 cm³/mol. The van der Waals surface area contributed by atoms with E-state index < -0.39 is 11.6 Å². The maximum Gasteiger partial charge on any atom is 0.144 e. The van der Waals surface area contributed by atoms with Crippen LogP contribution in [0, 0.1) is 11.6 Å². The van der Waals surface area contributed by atoms with Crippen LogP contribution in [-0.4, -0.2) is 22.5 Å². The van der Waals surface area contributed by atoms with Gasteiger partial charge in [0.1, 0.15) is 11.6 Å². The first-order chi connectivity index (χ1) is 8.82. The summed E-state index contributed by atoms with van der Waals surface area (Å²) in [4.78, 5) is 2.34. The lowest BCUT2D eigenvalue weighted by Gasteiger charge is -2.26. The Bertz CT molecular complexity index is 466. The third-order valence-electron chi connectivity index (χ3n) is 2.88. The molecule has 0 aliphatic heterocycles. The van der Waals surface area contributed by atoms with Gasteiger partial charge in [0.25, 0.3) is 0 Å². The van der Waals surface area contributed by atoms with E-state index in [0.717, 1.165) is 0 Å². The molecule has 0 saturated carbocycles. The molecule has 0 atom stereocenters. The molecule has 1 rings (SSSR count). The molecular formula is C13H17BrF2N2S. The van der Waals surface area contributed by atoms with E-state index in [1.54, 1.807) is 0 Å². The van der Waals surface area contributed by atoms with Gasteiger partial charge in [0.15, 0.2) is 0 Å². The maximum absolute atomic E-state index is 13.9. The van der Waals surface area contributed by atoms with Crippen LogP contribution in [0.3, 0.4) is 0 Å². The van der Waals surface area contributed by atoms with E-state index in [4.69, 9.17) is 18.0 Å². The van der Waals surface area contributed by atoms with Crippen molar-refractivity contribution in [3.63, 3.8) is 0 Å². The van der Waals surface area contributed by atoms with E-state index in [0.29, 0.717) is 18.0 Å². The molecular weight excluding hydrogens is 334 g/mol. The zero-order valence-corrected chi connectivity index (χ0v) is 13.3. The van der Waals surface area contributed by atoms with E-state index in [9.17, 15) is 8.78 Å². The van der Waals surface area contributed by atoms with Gasteiger partial charge in [0, 0.05) is 31.1 Å². The molecule has 1 aromatic carbocycles. The summed E-state index contributed by atoms with van der Waals surface area (Å²) in [5.41, 5.74) is 5.53. The minimum Gasteiger partial charge on any atom is -0.393 e. The lowest BCUT2D eigenvalue weighted by Crippen LogP contribution is -2.33. The molecule has 0 fully saturated rings. The Hall–Kier alpha value is -0.590. The molecule has 0 heterocycles. The summed E-state index contributed by atoms with van der Waals surface area (Å²) in [6.45, 7) is 4.70. The smallest absolute Gasteiger partial charge is 0.144 e. The molecule has 6 heteroatoms. The highest BCUT2D eigenvalue weighted by Gasteiger charge is 2.18. The fourth-order valence-corrected chi connectivity index (χ4v) is 2.15. The number of rotatable bonds is 6. The Kier molecular flexibility index (Phi) is 6.29. The van der Waals surface area contributed by atoms with Crippen LogP contribution in [0.25, 0.3) is 0 Å². The van der Waals surface area contributed by atoms with E-state index in [-0.39, 0.29) is 22.6 Å². The number of benzene rings is 1. The van der Waals surface area contributed by atoms with Gasteiger partial charge >= 0.3 is 0 Å². The molecule has 0 aliphatic carbocycles. The average molecular weight is 351 g/mol. The van der Waals surface area contributed by atoms with E-state index >= 15 is 0 Å². The topological polar surface area (TPSA) is 29.3 Å². The van der Waals surface area contributed by atoms with Gasteiger partial charge in [-0.3, -0.25) is 4.90 Å². The molecule has 19 heavy (non-hydrogen) atoms. The normalized spacial score (nSPS) is 11.3. The van der Waals surface area contributed by atoms with Crippen LogP contribution in [-0.2, 0) is 6.54 Å². The minimum atomic E-state index is -0.555. The number of thiocarbonyl (C=S) groups is 1. The summed E-state index contributed by atoms with van der Waals surface area (Å²) >= 11 is 7.90. The van der Waals surface area contributed by atoms with E-state index in [1.165, 1.54) is 12.1 Å². The Morgan fingerprint density at radius 3 is 2.58 bits per heavy atom. The highest BCUT2D eigenvalue weighted by atomic mass is 79.9. The fraction of sp³-hybridized carbons (Fsp3) is 0.462. The Morgan fingerprint density at radius 1 is 1.42 bits per heavy atom. The van der Waals surface area contributed by atoms with E-state index in [2.05, 4.69) is 15.9 Å². The first kappa shape index (κ1) is 16.5. The summed E-state index contributed by atoms with van der Waals surface area (Å²) in [6.07, 6.45) is 0.532. The lowest BCUT2D eigenvalue weighted by atomic mass is 10.1. The SMILES string of the molecule is CC(C)N(CCC(N)=S)Cc1c(F)ccc(Br)c1F. The Morgan fingerprint density at radius 2 is 2.05 bits per heavy atom. The van der Waals surface area contributed by atoms with Gasteiger partial charge in [-0.2, -0.15) is 0 Å². The first-order valence-corrected chi connectivity index (χ1v) is 7.17. The molecule has 0 aromatic heterocycles. The zero-order chi connectivity index (χ0) is 14.6. The van der Waals surface area contributed by atoms with Gasteiger partial charge in [0.2, 0.25) is 0 Å². The summed E-state index contributed by atoms with van der Waals surface area (Å²) < 4.78 is 27.9. The third-order valence-corrected chi connectivity index (χ3v) is 3.69. The molecule has 0 aliphatic rings. The monoisotopic (exact) mass is 350 g/mol. The van der Waals surface area contributed by atoms with Crippen molar-refractivity contribution in [1.29, 1.82) is 0 Å². The first-order valence-electron chi connectivity index (χ1n) is 5.97. The van der Waals surface area contributed by atoms with E-state index in [1.807, 2.05) is 18.7 Å². The number of nitrogens with two attached hydrogens (primary N) is 1. The number of hydrogen-bond acceptors (Lipinski definition) is 2. The molecule has 106 valence electrons. The second-order valence-corrected chi connectivity index (χ2v) is 5.98. The van der Waals surface area contributed by atoms with Crippen LogP contribution < -0.4 is 5.73 Å². The van der Waals surface area contributed by atoms with Crippen LogP contribution in [0.4, 0.5) is 8.78 Å². The fourth-order valence-electron chi connectivity index (χ4n) is 1.69. The number of nitrogens with zero attached hydrogens (tertiary/aromatic N) is 1. The van der Waals surface area contributed by atoms with Gasteiger partial charge in [-0.05, 0) is 41.9 Å². The maximum atomic E-state index is 13.9. The van der Waals surface area contributed by atoms with Crippen molar-refractivity contribution in [3.8, 4) is 0 Å². The van der Waals surface area contributed by atoms with Crippen molar-refractivity contribution in [2.45, 2.75) is 32.9 Å². The molecule has 0 saturated heterocycles. The third kappa shape index (κ3) is 4.78. The van der Waals surface area contributed by atoms with Crippen LogP contribution in [0.5, 0.6) is 0 Å². The van der Waals surface area contributed by atoms with Gasteiger partial charge in [-0.1, -0.05) is 12.2 Å². The molecule has 0 radical (unpaired) electrons. The van der Waals surface area contributed by atoms with Crippen molar-refractivity contribution in [1.82, 2.24) is 4.90 Å². The lowest BCUT2D eigenvalue weighted by molar-refractivity contribution is 0.213. The van der Waals surface area contributed by atoms with Crippen molar-refractivity contribution in [3.05, 3.63) is 33.8 Å². The largest absolute Gasteiger partial charge is 0.393 e. The zero-order valence-electron chi connectivity index (χ0n) is 10.9. The van der Waals surface area contributed by atoms with Gasteiger partial charge in [0.05, 0.1) is 9.46 Å². The number of hydrogen-bond donors (Lipinski definition) is 1. The molecule has 2 N–H and O–H groups in total. The molecule has 0 spiro atoms. The van der Waals surface area contributed by atoms with Crippen molar-refractivity contribution < 1.29 is 8.78 Å². The second kappa shape index (κ2) is 7.26. The average Bonchev–Trinajstić information content (AvgIpc) is 2.32. The summed E-state index contributed by atoms with van der Waals surface area (Å²) in [7, 11) is 0. The van der Waals surface area contributed by atoms with Crippen LogP contribution in [0.1, 0.15) is 25.8 Å². The van der Waals surface area contributed by atoms with Crippen molar-refractivity contribution in [2.24, 2.45) is 5.73 Å². The number of halogens is 3. The quantitative estimate of drug-likeness (QED) is 0.627. The van der Waals surface area contributed by atoms with Gasteiger partial charge in [-0.15, -0.1) is 0 Å². The highest BCUT2D eigenvalue weighted by molar-refractivity contribution is 9.10. The molecule has 0 unspecified atom stereocenters. The summed E-state index contributed by atoms with van der Waals surface area (Å²) in [6, 6.07) is 2.77. The van der Waals surface area contributed by atoms with Crippen LogP contribution in [0.15, 0.2) is 16.6 Å². The van der Waals surface area contributed by atoms with Gasteiger partial charge in [-0.25, -0.2) is 8.78 Å². The van der Waals surface area contributed by atoms with Crippen molar-refractivity contribution in [2.75, 3.05) is 6.54 Å². The van der Waals surface area contributed by atoms with Gasteiger partial charge < -0.3 is 5.73 Å². The summed E-state index contributed by atoms with van der Waals surface area (Å²) in [5.74, 6) is -1.09. The Labute approximate surface area is 126 Å². The Balaban J connectivity index is 2.90. The molecule has 2 nitrogen and oxygen atoms in total. The van der Waals surface area contributed by atoms with Crippen molar-refractivity contribution >= 4 is 33.1 Å². The minimum absolute atomic E-state index is 0.0611.